The molecule has 1 N–H and O–H groups in total. The molecule has 1 aliphatic carbocycles. The number of methoxy groups -OCH3 is 1. The second-order valence-corrected chi connectivity index (χ2v) is 9.28. The van der Waals surface area contributed by atoms with E-state index < -0.39 is 6.04 Å². The van der Waals surface area contributed by atoms with Crippen LogP contribution in [-0.2, 0) is 11.3 Å². The Balaban J connectivity index is 1.73. The van der Waals surface area contributed by atoms with Gasteiger partial charge in [0, 0.05) is 17.1 Å². The van der Waals surface area contributed by atoms with Crippen LogP contribution < -0.4 is 10.1 Å². The first-order valence-electron chi connectivity index (χ1n) is 11.3. The Hall–Kier alpha value is -3.19. The number of carbonyl (C=O) groups is 2. The van der Waals surface area contributed by atoms with Gasteiger partial charge in [0.1, 0.15) is 17.5 Å². The highest BCUT2D eigenvalue weighted by Crippen LogP contribution is 2.30. The van der Waals surface area contributed by atoms with E-state index in [4.69, 9.17) is 4.74 Å². The lowest BCUT2D eigenvalue weighted by Crippen LogP contribution is -2.47. The monoisotopic (exact) mass is 463 g/mol. The molecule has 1 aliphatic rings. The zero-order chi connectivity index (χ0) is 23.0. The third-order valence-corrected chi connectivity index (χ3v) is 6.83. The highest BCUT2D eigenvalue weighted by Gasteiger charge is 2.34. The minimum absolute atomic E-state index is 0.132. The zero-order valence-electron chi connectivity index (χ0n) is 18.8. The van der Waals surface area contributed by atoms with Crippen LogP contribution >= 0.6 is 11.3 Å². The van der Waals surface area contributed by atoms with Gasteiger partial charge in [0.15, 0.2) is 0 Å². The van der Waals surface area contributed by atoms with Crippen LogP contribution in [0.15, 0.2) is 66.2 Å². The van der Waals surface area contributed by atoms with E-state index in [-0.39, 0.29) is 17.9 Å². The fourth-order valence-corrected chi connectivity index (χ4v) is 5.00. The van der Waals surface area contributed by atoms with Gasteiger partial charge >= 0.3 is 0 Å². The second kappa shape index (κ2) is 11.1. The maximum absolute atomic E-state index is 13.8. The molecule has 172 valence electrons. The van der Waals surface area contributed by atoms with Crippen molar-refractivity contribution in [3.05, 3.63) is 82.3 Å². The number of carbonyl (C=O) groups excluding carboxylic acids is 2. The summed E-state index contributed by atoms with van der Waals surface area (Å²) in [6.07, 6.45) is 6.96. The van der Waals surface area contributed by atoms with E-state index in [1.165, 1.54) is 6.42 Å². The van der Waals surface area contributed by atoms with Gasteiger partial charge in [0.05, 0.1) is 13.7 Å². The van der Waals surface area contributed by atoms with Gasteiger partial charge in [-0.05, 0) is 54.1 Å². The first-order chi connectivity index (χ1) is 16.2. The normalized spacial score (nSPS) is 14.9. The van der Waals surface area contributed by atoms with Gasteiger partial charge in [-0.3, -0.25) is 14.6 Å². The van der Waals surface area contributed by atoms with E-state index in [1.807, 2.05) is 41.8 Å². The Kier molecular flexibility index (Phi) is 7.73. The van der Waals surface area contributed by atoms with Crippen molar-refractivity contribution in [3.63, 3.8) is 0 Å². The molecule has 0 radical (unpaired) electrons. The van der Waals surface area contributed by atoms with Crippen LogP contribution in [0.1, 0.15) is 59.1 Å². The number of ether oxygens (including phenoxy) is 1. The topological polar surface area (TPSA) is 71.5 Å². The number of benzene rings is 1. The van der Waals surface area contributed by atoms with E-state index in [9.17, 15) is 9.59 Å². The summed E-state index contributed by atoms with van der Waals surface area (Å²) in [6, 6.07) is 15.9. The summed E-state index contributed by atoms with van der Waals surface area (Å²) < 4.78 is 5.42. The molecule has 1 fully saturated rings. The van der Waals surface area contributed by atoms with E-state index in [0.29, 0.717) is 23.6 Å². The Bertz CT molecular complexity index is 1050. The molecule has 2 amide bonds. The van der Waals surface area contributed by atoms with Crippen molar-refractivity contribution in [3.8, 4) is 5.75 Å². The van der Waals surface area contributed by atoms with E-state index in [2.05, 4.69) is 10.3 Å². The minimum atomic E-state index is -0.807. The first kappa shape index (κ1) is 23.0. The largest absolute Gasteiger partial charge is 0.497 e. The fraction of sp³-hybridized carbons (Fsp3) is 0.346. The van der Waals surface area contributed by atoms with Crippen molar-refractivity contribution in [1.82, 2.24) is 15.2 Å². The summed E-state index contributed by atoms with van der Waals surface area (Å²) in [5.74, 6) is 0.191. The smallest absolute Gasteiger partial charge is 0.273 e. The minimum Gasteiger partial charge on any atom is -0.497 e. The lowest BCUT2D eigenvalue weighted by Gasteiger charge is -2.33. The number of hydrogen-bond acceptors (Lipinski definition) is 5. The molecule has 0 saturated heterocycles. The highest BCUT2D eigenvalue weighted by atomic mass is 32.1. The summed E-state index contributed by atoms with van der Waals surface area (Å²) in [5, 5.41) is 5.20. The number of pyridine rings is 1. The van der Waals surface area contributed by atoms with Crippen LogP contribution in [0.25, 0.3) is 0 Å². The zero-order valence-corrected chi connectivity index (χ0v) is 19.6. The van der Waals surface area contributed by atoms with Crippen LogP contribution in [0.2, 0.25) is 0 Å². The molecule has 3 aromatic rings. The number of hydrogen-bond donors (Lipinski definition) is 1. The molecular formula is C26H29N3O3S. The molecule has 1 saturated carbocycles. The lowest BCUT2D eigenvalue weighted by molar-refractivity contribution is -0.127. The van der Waals surface area contributed by atoms with Crippen molar-refractivity contribution < 1.29 is 14.3 Å². The van der Waals surface area contributed by atoms with E-state index in [1.54, 1.807) is 47.7 Å². The quantitative estimate of drug-likeness (QED) is 0.511. The molecule has 1 aromatic carbocycles. The van der Waals surface area contributed by atoms with Gasteiger partial charge < -0.3 is 15.0 Å². The Morgan fingerprint density at radius 2 is 1.97 bits per heavy atom. The first-order valence-corrected chi connectivity index (χ1v) is 12.2. The maximum Gasteiger partial charge on any atom is 0.273 e. The number of thiophene rings is 1. The SMILES string of the molecule is COc1cccc(C(C(=O)NC2CCCCC2)N(Cc2cccs2)C(=O)c2ccccn2)c1. The average Bonchev–Trinajstić information content (AvgIpc) is 3.38. The molecule has 6 nitrogen and oxygen atoms in total. The molecule has 1 atom stereocenters. The fourth-order valence-electron chi connectivity index (χ4n) is 4.30. The maximum atomic E-state index is 13.8. The van der Waals surface area contributed by atoms with Gasteiger partial charge in [0.25, 0.3) is 5.91 Å². The molecule has 0 bridgehead atoms. The summed E-state index contributed by atoms with van der Waals surface area (Å²) in [7, 11) is 1.60. The third kappa shape index (κ3) is 5.79. The summed E-state index contributed by atoms with van der Waals surface area (Å²) in [4.78, 5) is 34.3. The van der Waals surface area contributed by atoms with Crippen LogP contribution in [0.5, 0.6) is 5.75 Å². The van der Waals surface area contributed by atoms with Gasteiger partial charge in [0.2, 0.25) is 5.91 Å². The second-order valence-electron chi connectivity index (χ2n) is 8.25. The Morgan fingerprint density at radius 1 is 1.12 bits per heavy atom. The number of aromatic nitrogens is 1. The Labute approximate surface area is 198 Å². The molecule has 33 heavy (non-hydrogen) atoms. The van der Waals surface area contributed by atoms with Gasteiger partial charge in [-0.2, -0.15) is 0 Å². The number of nitrogens with zero attached hydrogens (tertiary/aromatic N) is 2. The molecule has 1 unspecified atom stereocenters. The van der Waals surface area contributed by atoms with Gasteiger partial charge in [-0.15, -0.1) is 11.3 Å². The van der Waals surface area contributed by atoms with Crippen LogP contribution in [-0.4, -0.2) is 34.8 Å². The molecule has 2 heterocycles. The number of nitrogens with one attached hydrogen (secondary N) is 1. The van der Waals surface area contributed by atoms with Crippen molar-refractivity contribution in [2.75, 3.05) is 7.11 Å². The van der Waals surface area contributed by atoms with Gasteiger partial charge in [-0.25, -0.2) is 0 Å². The highest BCUT2D eigenvalue weighted by molar-refractivity contribution is 7.09. The third-order valence-electron chi connectivity index (χ3n) is 5.97. The molecule has 0 spiro atoms. The predicted molar refractivity (Wildman–Crippen MR) is 129 cm³/mol. The average molecular weight is 464 g/mol. The van der Waals surface area contributed by atoms with E-state index >= 15 is 0 Å². The van der Waals surface area contributed by atoms with Crippen LogP contribution in [0.4, 0.5) is 0 Å². The van der Waals surface area contributed by atoms with Crippen molar-refractivity contribution >= 4 is 23.2 Å². The van der Waals surface area contributed by atoms with Crippen molar-refractivity contribution in [1.29, 1.82) is 0 Å². The van der Waals surface area contributed by atoms with Crippen molar-refractivity contribution in [2.45, 2.75) is 50.7 Å². The lowest BCUT2D eigenvalue weighted by atomic mass is 9.94. The van der Waals surface area contributed by atoms with Crippen molar-refractivity contribution in [2.24, 2.45) is 0 Å². The molecule has 7 heteroatoms. The predicted octanol–water partition coefficient (Wildman–Crippen LogP) is 4.98. The molecule has 0 aliphatic heterocycles. The molecular weight excluding hydrogens is 434 g/mol. The standard InChI is InChI=1S/C26H29N3O3S/c1-32-21-12-7-9-19(17-21)24(25(30)28-20-10-3-2-4-11-20)29(18-22-13-8-16-33-22)26(31)23-14-5-6-15-27-23/h5-9,12-17,20,24H,2-4,10-11,18H2,1H3,(H,28,30). The van der Waals surface area contributed by atoms with E-state index in [0.717, 1.165) is 30.6 Å². The summed E-state index contributed by atoms with van der Waals surface area (Å²) >= 11 is 1.56. The Morgan fingerprint density at radius 3 is 2.67 bits per heavy atom. The van der Waals surface area contributed by atoms with Crippen LogP contribution in [0.3, 0.4) is 0 Å². The van der Waals surface area contributed by atoms with Crippen LogP contribution in [0, 0.1) is 0 Å². The number of rotatable bonds is 8. The molecule has 4 rings (SSSR count). The molecule has 2 aromatic heterocycles. The summed E-state index contributed by atoms with van der Waals surface area (Å²) in [6.45, 7) is 0.313. The summed E-state index contributed by atoms with van der Waals surface area (Å²) in [5.41, 5.74) is 1.02. The van der Waals surface area contributed by atoms with Gasteiger partial charge in [-0.1, -0.05) is 43.5 Å². The number of amides is 2.